The van der Waals surface area contributed by atoms with Gasteiger partial charge in [-0.05, 0) is 57.1 Å². The van der Waals surface area contributed by atoms with Crippen molar-refractivity contribution in [3.05, 3.63) is 35.5 Å². The van der Waals surface area contributed by atoms with Crippen molar-refractivity contribution in [3.63, 3.8) is 0 Å². The standard InChI is InChI=1S/C26H33F2N3O5S/c1-26(9-12-37(33,34)16-26)29-24(32)19-5-6-21-22(14-19)31(15-17-7-10-35-11-8-17)30-23(21)18-3-2-4-20(13-18)36-25(27)28/h2-4,13,17,19,25H,5-12,14-16H2,1H3,(H,29,32)/t19?,26-/m0/s1. The van der Waals surface area contributed by atoms with E-state index in [-0.39, 0.29) is 29.1 Å². The first-order valence-corrected chi connectivity index (χ1v) is 14.7. The fourth-order valence-electron chi connectivity index (χ4n) is 5.79. The van der Waals surface area contributed by atoms with Gasteiger partial charge in [0.05, 0.1) is 22.7 Å². The van der Waals surface area contributed by atoms with E-state index < -0.39 is 22.0 Å². The second-order valence-corrected chi connectivity index (χ2v) is 12.9. The molecule has 0 bridgehead atoms. The van der Waals surface area contributed by atoms with Gasteiger partial charge in [-0.25, -0.2) is 8.42 Å². The Morgan fingerprint density at radius 3 is 2.78 bits per heavy atom. The van der Waals surface area contributed by atoms with Crippen molar-refractivity contribution >= 4 is 15.7 Å². The summed E-state index contributed by atoms with van der Waals surface area (Å²) in [6.45, 7) is 1.00. The van der Waals surface area contributed by atoms with E-state index in [1.807, 2.05) is 10.7 Å². The van der Waals surface area contributed by atoms with Crippen LogP contribution in [-0.4, -0.2) is 61.0 Å². The molecule has 5 rings (SSSR count). The van der Waals surface area contributed by atoms with Crippen LogP contribution < -0.4 is 10.1 Å². The van der Waals surface area contributed by atoms with Crippen molar-refractivity contribution in [1.29, 1.82) is 0 Å². The van der Waals surface area contributed by atoms with Crippen molar-refractivity contribution in [2.75, 3.05) is 24.7 Å². The number of carbonyl (C=O) groups is 1. The number of rotatable bonds is 7. The summed E-state index contributed by atoms with van der Waals surface area (Å²) in [6.07, 6.45) is 3.99. The summed E-state index contributed by atoms with van der Waals surface area (Å²) >= 11 is 0. The van der Waals surface area contributed by atoms with Crippen LogP contribution in [0.25, 0.3) is 11.3 Å². The molecule has 2 aliphatic heterocycles. The number of aromatic nitrogens is 2. The van der Waals surface area contributed by atoms with Gasteiger partial charge in [-0.15, -0.1) is 0 Å². The molecular formula is C26H33F2N3O5S. The maximum Gasteiger partial charge on any atom is 0.387 e. The van der Waals surface area contributed by atoms with Gasteiger partial charge < -0.3 is 14.8 Å². The van der Waals surface area contributed by atoms with E-state index in [4.69, 9.17) is 9.84 Å². The molecule has 0 saturated carbocycles. The van der Waals surface area contributed by atoms with Crippen LogP contribution in [0.2, 0.25) is 0 Å². The normalized spacial score (nSPS) is 25.7. The lowest BCUT2D eigenvalue weighted by atomic mass is 9.84. The summed E-state index contributed by atoms with van der Waals surface area (Å²) in [5.41, 5.74) is 2.70. The minimum absolute atomic E-state index is 0.0351. The smallest absolute Gasteiger partial charge is 0.387 e. The minimum atomic E-state index is -3.14. The average molecular weight is 538 g/mol. The molecule has 3 heterocycles. The maximum atomic E-state index is 13.3. The van der Waals surface area contributed by atoms with Crippen molar-refractivity contribution in [2.45, 2.75) is 64.1 Å². The number of nitrogens with one attached hydrogen (secondary N) is 1. The molecule has 1 aliphatic carbocycles. The van der Waals surface area contributed by atoms with Crippen LogP contribution in [0.15, 0.2) is 24.3 Å². The summed E-state index contributed by atoms with van der Waals surface area (Å²) in [5, 5.41) is 7.95. The lowest BCUT2D eigenvalue weighted by Gasteiger charge is -2.30. The van der Waals surface area contributed by atoms with Crippen molar-refractivity contribution < 1.29 is 31.5 Å². The van der Waals surface area contributed by atoms with Crippen LogP contribution in [0, 0.1) is 11.8 Å². The minimum Gasteiger partial charge on any atom is -0.435 e. The fraction of sp³-hybridized carbons (Fsp3) is 0.615. The molecule has 2 aromatic rings. The number of sulfone groups is 1. The van der Waals surface area contributed by atoms with Crippen LogP contribution in [-0.2, 0) is 38.8 Å². The average Bonchev–Trinajstić information content (AvgIpc) is 3.34. The van der Waals surface area contributed by atoms with Gasteiger partial charge >= 0.3 is 6.61 Å². The quantitative estimate of drug-likeness (QED) is 0.582. The molecular weight excluding hydrogens is 504 g/mol. The number of nitrogens with zero attached hydrogens (tertiary/aromatic N) is 2. The highest BCUT2D eigenvalue weighted by Crippen LogP contribution is 2.36. The Hall–Kier alpha value is -2.53. The molecule has 8 nitrogen and oxygen atoms in total. The first-order chi connectivity index (χ1) is 17.6. The van der Waals surface area contributed by atoms with Gasteiger partial charge in [0.1, 0.15) is 5.75 Å². The molecule has 202 valence electrons. The van der Waals surface area contributed by atoms with E-state index in [9.17, 15) is 22.0 Å². The van der Waals surface area contributed by atoms with Gasteiger partial charge in [0.15, 0.2) is 9.84 Å². The Balaban J connectivity index is 1.41. The number of halogens is 2. The first kappa shape index (κ1) is 26.1. The molecule has 3 aliphatic rings. The van der Waals surface area contributed by atoms with E-state index in [1.165, 1.54) is 6.07 Å². The molecule has 2 saturated heterocycles. The molecule has 1 unspecified atom stereocenters. The van der Waals surface area contributed by atoms with Gasteiger partial charge in [0.2, 0.25) is 5.91 Å². The molecule has 0 spiro atoms. The highest BCUT2D eigenvalue weighted by Gasteiger charge is 2.41. The molecule has 0 radical (unpaired) electrons. The molecule has 2 fully saturated rings. The van der Waals surface area contributed by atoms with Crippen molar-refractivity contribution in [1.82, 2.24) is 15.1 Å². The zero-order chi connectivity index (χ0) is 26.2. The second kappa shape index (κ2) is 10.3. The van der Waals surface area contributed by atoms with Gasteiger partial charge in [-0.1, -0.05) is 12.1 Å². The predicted molar refractivity (Wildman–Crippen MR) is 133 cm³/mol. The largest absolute Gasteiger partial charge is 0.435 e. The topological polar surface area (TPSA) is 99.5 Å². The van der Waals surface area contributed by atoms with Gasteiger partial charge in [-0.3, -0.25) is 9.48 Å². The summed E-state index contributed by atoms with van der Waals surface area (Å²) in [6, 6.07) is 6.57. The monoisotopic (exact) mass is 537 g/mol. The number of hydrogen-bond acceptors (Lipinski definition) is 6. The molecule has 1 N–H and O–H groups in total. The summed E-state index contributed by atoms with van der Waals surface area (Å²) in [7, 11) is -3.14. The zero-order valence-corrected chi connectivity index (χ0v) is 21.7. The van der Waals surface area contributed by atoms with E-state index in [0.29, 0.717) is 56.9 Å². The Bertz CT molecular complexity index is 1260. The molecule has 1 aromatic carbocycles. The van der Waals surface area contributed by atoms with Crippen LogP contribution >= 0.6 is 0 Å². The maximum absolute atomic E-state index is 13.3. The summed E-state index contributed by atoms with van der Waals surface area (Å²) < 4.78 is 61.7. The van der Waals surface area contributed by atoms with Crippen LogP contribution in [0.5, 0.6) is 5.75 Å². The van der Waals surface area contributed by atoms with E-state index in [0.717, 1.165) is 29.8 Å². The van der Waals surface area contributed by atoms with E-state index >= 15 is 0 Å². The number of carbonyl (C=O) groups excluding carboxylic acids is 1. The number of benzene rings is 1. The fourth-order valence-corrected chi connectivity index (χ4v) is 7.88. The highest BCUT2D eigenvalue weighted by atomic mass is 32.2. The third-order valence-corrected chi connectivity index (χ3v) is 9.66. The first-order valence-electron chi connectivity index (χ1n) is 12.8. The molecule has 1 aromatic heterocycles. The summed E-state index contributed by atoms with van der Waals surface area (Å²) in [4.78, 5) is 13.3. The highest BCUT2D eigenvalue weighted by molar-refractivity contribution is 7.91. The van der Waals surface area contributed by atoms with Crippen LogP contribution in [0.1, 0.15) is 43.9 Å². The van der Waals surface area contributed by atoms with Crippen LogP contribution in [0.4, 0.5) is 8.78 Å². The third kappa shape index (κ3) is 5.98. The zero-order valence-electron chi connectivity index (χ0n) is 20.9. The van der Waals surface area contributed by atoms with E-state index in [2.05, 4.69) is 10.1 Å². The Morgan fingerprint density at radius 2 is 2.08 bits per heavy atom. The Labute approximate surface area is 215 Å². The number of alkyl halides is 2. The molecule has 11 heteroatoms. The van der Waals surface area contributed by atoms with Gasteiger partial charge in [-0.2, -0.15) is 13.9 Å². The van der Waals surface area contributed by atoms with E-state index in [1.54, 1.807) is 19.1 Å². The number of ether oxygens (including phenoxy) is 2. The number of hydrogen-bond donors (Lipinski definition) is 1. The van der Waals surface area contributed by atoms with Gasteiger partial charge in [0.25, 0.3) is 0 Å². The lowest BCUT2D eigenvalue weighted by Crippen LogP contribution is -2.50. The lowest BCUT2D eigenvalue weighted by molar-refractivity contribution is -0.126. The SMILES string of the molecule is C[C@]1(NC(=O)C2CCc3c(-c4cccc(OC(F)F)c4)nn(CC4CCOCC4)c3C2)CCS(=O)(=O)C1. The number of amides is 1. The summed E-state index contributed by atoms with van der Waals surface area (Å²) in [5.74, 6) is 0.113. The van der Waals surface area contributed by atoms with Crippen molar-refractivity contribution in [2.24, 2.45) is 11.8 Å². The van der Waals surface area contributed by atoms with Crippen LogP contribution in [0.3, 0.4) is 0 Å². The van der Waals surface area contributed by atoms with Crippen molar-refractivity contribution in [3.8, 4) is 17.0 Å². The van der Waals surface area contributed by atoms with Gasteiger partial charge in [0, 0.05) is 48.9 Å². The second-order valence-electron chi connectivity index (χ2n) is 10.7. The molecule has 37 heavy (non-hydrogen) atoms. The third-order valence-electron chi connectivity index (χ3n) is 7.75. The predicted octanol–water partition coefficient (Wildman–Crippen LogP) is 3.38. The number of fused-ring (bicyclic) bond motifs is 1. The molecule has 2 atom stereocenters. The Kier molecular flexibility index (Phi) is 7.28. The Morgan fingerprint density at radius 1 is 1.30 bits per heavy atom. The molecule has 1 amide bonds.